The summed E-state index contributed by atoms with van der Waals surface area (Å²) in [5, 5.41) is 3.56. The molecule has 17 heavy (non-hydrogen) atoms. The van der Waals surface area contributed by atoms with Gasteiger partial charge in [-0.15, -0.1) is 0 Å². The first-order valence-electron chi connectivity index (χ1n) is 7.30. The summed E-state index contributed by atoms with van der Waals surface area (Å²) in [7, 11) is 0. The van der Waals surface area contributed by atoms with Crippen LogP contribution in [0.1, 0.15) is 38.5 Å². The first-order chi connectivity index (χ1) is 8.38. The van der Waals surface area contributed by atoms with Crippen molar-refractivity contribution in [3.05, 3.63) is 0 Å². The number of hydrogen-bond acceptors (Lipinski definition) is 3. The Morgan fingerprint density at radius 1 is 1.00 bits per heavy atom. The predicted octanol–water partition coefficient (Wildman–Crippen LogP) is 1.96. The van der Waals surface area contributed by atoms with Crippen molar-refractivity contribution in [3.63, 3.8) is 0 Å². The molecule has 98 valence electrons. The molecule has 3 heterocycles. The first kappa shape index (κ1) is 11.9. The van der Waals surface area contributed by atoms with Gasteiger partial charge in [0.05, 0.1) is 5.60 Å². The van der Waals surface area contributed by atoms with Gasteiger partial charge >= 0.3 is 0 Å². The fraction of sp³-hybridized carbons (Fsp3) is 1.00. The lowest BCUT2D eigenvalue weighted by atomic mass is 9.73. The van der Waals surface area contributed by atoms with Crippen LogP contribution in [0.2, 0.25) is 0 Å². The van der Waals surface area contributed by atoms with Crippen molar-refractivity contribution in [2.75, 3.05) is 32.9 Å². The van der Waals surface area contributed by atoms with Gasteiger partial charge in [-0.1, -0.05) is 0 Å². The second kappa shape index (κ2) is 5.25. The molecule has 3 rings (SSSR count). The lowest BCUT2D eigenvalue weighted by Gasteiger charge is -2.46. The lowest BCUT2D eigenvalue weighted by molar-refractivity contribution is -0.153. The predicted molar refractivity (Wildman–Crippen MR) is 67.1 cm³/mol. The van der Waals surface area contributed by atoms with E-state index in [4.69, 9.17) is 9.47 Å². The second-order valence-electron chi connectivity index (χ2n) is 6.00. The molecule has 1 N–H and O–H groups in total. The molecule has 3 heteroatoms. The van der Waals surface area contributed by atoms with Gasteiger partial charge < -0.3 is 14.8 Å². The maximum absolute atomic E-state index is 6.13. The van der Waals surface area contributed by atoms with E-state index in [0.29, 0.717) is 0 Å². The second-order valence-corrected chi connectivity index (χ2v) is 6.00. The Balaban J connectivity index is 1.61. The van der Waals surface area contributed by atoms with E-state index in [-0.39, 0.29) is 5.60 Å². The minimum atomic E-state index is 0.179. The van der Waals surface area contributed by atoms with Crippen LogP contribution < -0.4 is 5.32 Å². The van der Waals surface area contributed by atoms with Gasteiger partial charge in [0.25, 0.3) is 0 Å². The molecular formula is C14H25NO2. The minimum absolute atomic E-state index is 0.179. The molecular weight excluding hydrogens is 214 g/mol. The van der Waals surface area contributed by atoms with Crippen LogP contribution in [0.5, 0.6) is 0 Å². The Labute approximate surface area is 104 Å². The zero-order valence-corrected chi connectivity index (χ0v) is 10.7. The van der Waals surface area contributed by atoms with Gasteiger partial charge in [-0.25, -0.2) is 0 Å². The molecule has 1 spiro atoms. The van der Waals surface area contributed by atoms with Crippen molar-refractivity contribution in [3.8, 4) is 0 Å². The van der Waals surface area contributed by atoms with Crippen LogP contribution in [-0.4, -0.2) is 38.5 Å². The van der Waals surface area contributed by atoms with Gasteiger partial charge in [0.15, 0.2) is 0 Å². The average molecular weight is 239 g/mol. The SMILES string of the molecule is C1CNCC(C2CCOC3(CCOCC3)C2)C1. The molecule has 3 aliphatic heterocycles. The highest BCUT2D eigenvalue weighted by Gasteiger charge is 2.41. The molecule has 2 atom stereocenters. The fourth-order valence-electron chi connectivity index (χ4n) is 3.84. The monoisotopic (exact) mass is 239 g/mol. The zero-order chi connectivity index (χ0) is 11.6. The van der Waals surface area contributed by atoms with Crippen molar-refractivity contribution in [2.45, 2.75) is 44.1 Å². The summed E-state index contributed by atoms with van der Waals surface area (Å²) >= 11 is 0. The summed E-state index contributed by atoms with van der Waals surface area (Å²) in [5.41, 5.74) is 0.179. The van der Waals surface area contributed by atoms with Crippen molar-refractivity contribution in [1.82, 2.24) is 5.32 Å². The molecule has 0 aromatic heterocycles. The average Bonchev–Trinajstić information content (AvgIpc) is 2.41. The van der Waals surface area contributed by atoms with E-state index >= 15 is 0 Å². The van der Waals surface area contributed by atoms with Crippen LogP contribution >= 0.6 is 0 Å². The Kier molecular flexibility index (Phi) is 3.69. The normalized spacial score (nSPS) is 38.1. The first-order valence-corrected chi connectivity index (χ1v) is 7.30. The molecule has 0 aromatic carbocycles. The van der Waals surface area contributed by atoms with Gasteiger partial charge in [0.2, 0.25) is 0 Å². The molecule has 3 saturated heterocycles. The molecule has 0 bridgehead atoms. The summed E-state index contributed by atoms with van der Waals surface area (Å²) in [5.74, 6) is 1.78. The lowest BCUT2D eigenvalue weighted by Crippen LogP contribution is -2.47. The largest absolute Gasteiger partial charge is 0.381 e. The fourth-order valence-corrected chi connectivity index (χ4v) is 3.84. The van der Waals surface area contributed by atoms with Gasteiger partial charge in [-0.3, -0.25) is 0 Å². The summed E-state index contributed by atoms with van der Waals surface area (Å²) in [6, 6.07) is 0. The van der Waals surface area contributed by atoms with Gasteiger partial charge in [0, 0.05) is 19.8 Å². The number of ether oxygens (including phenoxy) is 2. The maximum Gasteiger partial charge on any atom is 0.0729 e. The summed E-state index contributed by atoms with van der Waals surface area (Å²) in [6.07, 6.45) is 7.56. The summed E-state index contributed by atoms with van der Waals surface area (Å²) in [6.45, 7) is 5.22. The van der Waals surface area contributed by atoms with Crippen LogP contribution in [0.3, 0.4) is 0 Å². The van der Waals surface area contributed by atoms with Crippen LogP contribution in [-0.2, 0) is 9.47 Å². The van der Waals surface area contributed by atoms with Crippen molar-refractivity contribution >= 4 is 0 Å². The molecule has 0 saturated carbocycles. The summed E-state index contributed by atoms with van der Waals surface area (Å²) < 4.78 is 11.6. The molecule has 0 radical (unpaired) electrons. The zero-order valence-electron chi connectivity index (χ0n) is 10.7. The molecule has 0 amide bonds. The van der Waals surface area contributed by atoms with E-state index in [2.05, 4.69) is 5.32 Å². The smallest absolute Gasteiger partial charge is 0.0729 e. The van der Waals surface area contributed by atoms with Crippen molar-refractivity contribution in [2.24, 2.45) is 11.8 Å². The standard InChI is InChI=1S/C14H25NO2/c1-2-13(11-15-6-1)12-3-7-17-14(10-12)4-8-16-9-5-14/h12-13,15H,1-11H2. The topological polar surface area (TPSA) is 30.5 Å². The van der Waals surface area contributed by atoms with Gasteiger partial charge in [0.1, 0.15) is 0 Å². The number of hydrogen-bond donors (Lipinski definition) is 1. The Bertz CT molecular complexity index is 239. The van der Waals surface area contributed by atoms with E-state index in [1.807, 2.05) is 0 Å². The molecule has 0 aliphatic carbocycles. The third-order valence-corrected chi connectivity index (χ3v) is 4.94. The Morgan fingerprint density at radius 2 is 1.88 bits per heavy atom. The van der Waals surface area contributed by atoms with Crippen LogP contribution in [0, 0.1) is 11.8 Å². The number of piperidine rings is 1. The quantitative estimate of drug-likeness (QED) is 0.759. The van der Waals surface area contributed by atoms with E-state index in [1.54, 1.807) is 0 Å². The van der Waals surface area contributed by atoms with E-state index in [0.717, 1.165) is 44.5 Å². The van der Waals surface area contributed by atoms with E-state index in [1.165, 1.54) is 38.8 Å². The third-order valence-electron chi connectivity index (χ3n) is 4.94. The van der Waals surface area contributed by atoms with Gasteiger partial charge in [-0.2, -0.15) is 0 Å². The van der Waals surface area contributed by atoms with Crippen LogP contribution in [0.25, 0.3) is 0 Å². The van der Waals surface area contributed by atoms with Gasteiger partial charge in [-0.05, 0) is 63.5 Å². The number of nitrogens with one attached hydrogen (secondary N) is 1. The van der Waals surface area contributed by atoms with E-state index in [9.17, 15) is 0 Å². The molecule has 3 fully saturated rings. The minimum Gasteiger partial charge on any atom is -0.381 e. The molecule has 2 unspecified atom stereocenters. The van der Waals surface area contributed by atoms with E-state index < -0.39 is 0 Å². The van der Waals surface area contributed by atoms with Crippen molar-refractivity contribution < 1.29 is 9.47 Å². The van der Waals surface area contributed by atoms with Crippen LogP contribution in [0.15, 0.2) is 0 Å². The summed E-state index contributed by atoms with van der Waals surface area (Å²) in [4.78, 5) is 0. The highest BCUT2D eigenvalue weighted by molar-refractivity contribution is 4.91. The highest BCUT2D eigenvalue weighted by atomic mass is 16.5. The third kappa shape index (κ3) is 2.67. The van der Waals surface area contributed by atoms with Crippen molar-refractivity contribution in [1.29, 1.82) is 0 Å². The molecule has 3 nitrogen and oxygen atoms in total. The Hall–Kier alpha value is -0.120. The van der Waals surface area contributed by atoms with Crippen LogP contribution in [0.4, 0.5) is 0 Å². The maximum atomic E-state index is 6.13. The Morgan fingerprint density at radius 3 is 2.65 bits per heavy atom. The molecule has 3 aliphatic rings. The number of rotatable bonds is 1. The molecule has 0 aromatic rings. The highest BCUT2D eigenvalue weighted by Crippen LogP contribution is 2.41.